The van der Waals surface area contributed by atoms with Gasteiger partial charge in [-0.15, -0.1) is 11.3 Å². The Morgan fingerprint density at radius 3 is 2.71 bits per heavy atom. The Balaban J connectivity index is 2.07. The lowest BCUT2D eigenvalue weighted by Gasteiger charge is -2.19. The van der Waals surface area contributed by atoms with E-state index in [-0.39, 0.29) is 22.3 Å². The van der Waals surface area contributed by atoms with E-state index in [1.54, 1.807) is 0 Å². The van der Waals surface area contributed by atoms with Crippen molar-refractivity contribution in [2.75, 3.05) is 0 Å². The van der Waals surface area contributed by atoms with Gasteiger partial charge in [0, 0.05) is 0 Å². The first kappa shape index (κ1) is 16.0. The molecule has 1 atom stereocenters. The standard InChI is InChI=1S/C15H13N3O5S/c1-15(23,14(21)22)18-13(20)7-4-5-8(19)11-10(7)16-12(17-11)9-3-2-6-24-9/h2-6,19,23H,1H3,(H,16,17)(H,18,20)(H,21,22). The SMILES string of the molecule is CC(O)(NC(=O)c1ccc(O)c2[nH]c(-c3cccs3)nc12)C(=O)O. The van der Waals surface area contributed by atoms with Crippen molar-refractivity contribution in [1.29, 1.82) is 0 Å². The van der Waals surface area contributed by atoms with Crippen LogP contribution in [0.15, 0.2) is 29.6 Å². The number of carbonyl (C=O) groups is 2. The van der Waals surface area contributed by atoms with Gasteiger partial charge in [0.25, 0.3) is 5.91 Å². The summed E-state index contributed by atoms with van der Waals surface area (Å²) < 4.78 is 0. The molecule has 8 nitrogen and oxygen atoms in total. The molecule has 1 aromatic carbocycles. The van der Waals surface area contributed by atoms with Gasteiger partial charge in [0.05, 0.1) is 10.4 Å². The van der Waals surface area contributed by atoms with Crippen molar-refractivity contribution in [2.24, 2.45) is 0 Å². The molecule has 0 aliphatic rings. The summed E-state index contributed by atoms with van der Waals surface area (Å²) in [5, 5.41) is 32.4. The van der Waals surface area contributed by atoms with Crippen LogP contribution in [-0.4, -0.2) is 42.9 Å². The lowest BCUT2D eigenvalue weighted by Crippen LogP contribution is -2.52. The van der Waals surface area contributed by atoms with Gasteiger partial charge in [0.15, 0.2) is 0 Å². The topological polar surface area (TPSA) is 136 Å². The Labute approximate surface area is 139 Å². The average Bonchev–Trinajstić information content (AvgIpc) is 3.16. The van der Waals surface area contributed by atoms with E-state index in [0.29, 0.717) is 5.82 Å². The van der Waals surface area contributed by atoms with E-state index in [2.05, 4.69) is 9.97 Å². The third kappa shape index (κ3) is 2.70. The molecule has 0 saturated heterocycles. The number of aromatic amines is 1. The fraction of sp³-hybridized carbons (Fsp3) is 0.133. The number of fused-ring (bicyclic) bond motifs is 1. The number of aliphatic carboxylic acids is 1. The summed E-state index contributed by atoms with van der Waals surface area (Å²) in [4.78, 5) is 31.3. The van der Waals surface area contributed by atoms with Gasteiger partial charge >= 0.3 is 5.97 Å². The molecule has 0 bridgehead atoms. The number of carbonyl (C=O) groups excluding carboxylic acids is 1. The molecule has 0 radical (unpaired) electrons. The van der Waals surface area contributed by atoms with E-state index in [4.69, 9.17) is 5.11 Å². The summed E-state index contributed by atoms with van der Waals surface area (Å²) in [6.07, 6.45) is 0. The molecule has 0 aliphatic carbocycles. The second kappa shape index (κ2) is 5.62. The Bertz CT molecular complexity index is 930. The molecule has 0 spiro atoms. The van der Waals surface area contributed by atoms with Crippen LogP contribution < -0.4 is 5.32 Å². The van der Waals surface area contributed by atoms with Gasteiger partial charge < -0.3 is 25.6 Å². The Hall–Kier alpha value is -2.91. The monoisotopic (exact) mass is 347 g/mol. The minimum atomic E-state index is -2.42. The predicted octanol–water partition coefficient (Wildman–Crippen LogP) is 1.52. The van der Waals surface area contributed by atoms with Crippen molar-refractivity contribution in [3.63, 3.8) is 0 Å². The van der Waals surface area contributed by atoms with Crippen molar-refractivity contribution in [3.05, 3.63) is 35.2 Å². The number of carboxylic acids is 1. The molecular formula is C15H13N3O5S. The Morgan fingerprint density at radius 1 is 1.33 bits per heavy atom. The molecule has 1 amide bonds. The number of aliphatic hydroxyl groups is 1. The maximum absolute atomic E-state index is 12.3. The largest absolute Gasteiger partial charge is 0.506 e. The summed E-state index contributed by atoms with van der Waals surface area (Å²) in [6, 6.07) is 6.27. The molecule has 24 heavy (non-hydrogen) atoms. The minimum absolute atomic E-state index is 0.0309. The number of rotatable bonds is 4. The molecule has 1 unspecified atom stereocenters. The summed E-state index contributed by atoms with van der Waals surface area (Å²) in [5.74, 6) is -2.04. The van der Waals surface area contributed by atoms with Crippen molar-refractivity contribution in [2.45, 2.75) is 12.6 Å². The highest BCUT2D eigenvalue weighted by Crippen LogP contribution is 2.30. The number of phenols is 1. The van der Waals surface area contributed by atoms with Crippen LogP contribution in [-0.2, 0) is 4.79 Å². The highest BCUT2D eigenvalue weighted by molar-refractivity contribution is 7.13. The quantitative estimate of drug-likeness (QED) is 0.454. The van der Waals surface area contributed by atoms with Crippen molar-refractivity contribution >= 4 is 34.2 Å². The molecule has 3 aromatic rings. The van der Waals surface area contributed by atoms with Gasteiger partial charge in [-0.1, -0.05) is 6.07 Å². The van der Waals surface area contributed by atoms with Crippen LogP contribution in [0.4, 0.5) is 0 Å². The maximum Gasteiger partial charge on any atom is 0.356 e. The van der Waals surface area contributed by atoms with Gasteiger partial charge in [-0.2, -0.15) is 0 Å². The van der Waals surface area contributed by atoms with Crippen LogP contribution in [0.25, 0.3) is 21.7 Å². The van der Waals surface area contributed by atoms with Gasteiger partial charge in [0.2, 0.25) is 5.72 Å². The highest BCUT2D eigenvalue weighted by Gasteiger charge is 2.33. The maximum atomic E-state index is 12.3. The number of amides is 1. The fourth-order valence-electron chi connectivity index (χ4n) is 2.13. The zero-order chi connectivity index (χ0) is 17.5. The van der Waals surface area contributed by atoms with Crippen LogP contribution in [0.3, 0.4) is 0 Å². The Morgan fingerprint density at radius 2 is 2.08 bits per heavy atom. The average molecular weight is 347 g/mol. The van der Waals surface area contributed by atoms with E-state index in [1.165, 1.54) is 23.5 Å². The number of aromatic nitrogens is 2. The summed E-state index contributed by atoms with van der Waals surface area (Å²) in [6.45, 7) is 0.951. The van der Waals surface area contributed by atoms with Crippen LogP contribution in [0.2, 0.25) is 0 Å². The smallest absolute Gasteiger partial charge is 0.356 e. The second-order valence-electron chi connectivity index (χ2n) is 5.25. The van der Waals surface area contributed by atoms with Crippen molar-refractivity contribution < 1.29 is 24.9 Å². The lowest BCUT2D eigenvalue weighted by molar-refractivity contribution is -0.158. The number of benzene rings is 1. The first-order valence-electron chi connectivity index (χ1n) is 6.83. The van der Waals surface area contributed by atoms with Crippen LogP contribution in [0.5, 0.6) is 5.75 Å². The first-order valence-corrected chi connectivity index (χ1v) is 7.71. The number of imidazole rings is 1. The van der Waals surface area contributed by atoms with E-state index in [9.17, 15) is 19.8 Å². The van der Waals surface area contributed by atoms with E-state index >= 15 is 0 Å². The number of carboxylic acid groups (broad SMARTS) is 1. The summed E-state index contributed by atoms with van der Waals surface area (Å²) in [5.41, 5.74) is -1.96. The minimum Gasteiger partial charge on any atom is -0.506 e. The molecule has 0 saturated carbocycles. The van der Waals surface area contributed by atoms with E-state index in [0.717, 1.165) is 11.8 Å². The number of H-pyrrole nitrogens is 1. The molecule has 9 heteroatoms. The number of phenolic OH excluding ortho intramolecular Hbond substituents is 1. The van der Waals surface area contributed by atoms with Gasteiger partial charge in [-0.3, -0.25) is 4.79 Å². The number of aromatic hydroxyl groups is 1. The van der Waals surface area contributed by atoms with Crippen LogP contribution in [0, 0.1) is 0 Å². The number of thiophene rings is 1. The lowest BCUT2D eigenvalue weighted by atomic mass is 10.1. The number of nitrogens with zero attached hydrogens (tertiary/aromatic N) is 1. The van der Waals surface area contributed by atoms with Crippen LogP contribution in [0.1, 0.15) is 17.3 Å². The molecule has 124 valence electrons. The number of nitrogens with one attached hydrogen (secondary N) is 2. The first-order chi connectivity index (χ1) is 11.3. The van der Waals surface area contributed by atoms with Crippen molar-refractivity contribution in [1.82, 2.24) is 15.3 Å². The highest BCUT2D eigenvalue weighted by atomic mass is 32.1. The second-order valence-corrected chi connectivity index (χ2v) is 6.20. The Kier molecular flexibility index (Phi) is 3.74. The van der Waals surface area contributed by atoms with E-state index < -0.39 is 17.6 Å². The zero-order valence-corrected chi connectivity index (χ0v) is 13.2. The zero-order valence-electron chi connectivity index (χ0n) is 12.4. The molecule has 5 N–H and O–H groups in total. The molecule has 0 aliphatic heterocycles. The molecule has 3 rings (SSSR count). The number of hydrogen-bond acceptors (Lipinski definition) is 6. The predicted molar refractivity (Wildman–Crippen MR) is 86.8 cm³/mol. The molecule has 2 heterocycles. The molecule has 2 aromatic heterocycles. The molecule has 0 fully saturated rings. The summed E-state index contributed by atoms with van der Waals surface area (Å²) in [7, 11) is 0. The normalized spacial score (nSPS) is 13.6. The molecular weight excluding hydrogens is 334 g/mol. The van der Waals surface area contributed by atoms with Crippen molar-refractivity contribution in [3.8, 4) is 16.5 Å². The van der Waals surface area contributed by atoms with Crippen LogP contribution >= 0.6 is 11.3 Å². The van der Waals surface area contributed by atoms with Gasteiger partial charge in [-0.05, 0) is 30.5 Å². The van der Waals surface area contributed by atoms with Gasteiger partial charge in [0.1, 0.15) is 22.6 Å². The fourth-order valence-corrected chi connectivity index (χ4v) is 2.80. The third-order valence-corrected chi connectivity index (χ3v) is 4.27. The van der Waals surface area contributed by atoms with Gasteiger partial charge in [-0.25, -0.2) is 9.78 Å². The third-order valence-electron chi connectivity index (χ3n) is 3.40. The summed E-state index contributed by atoms with van der Waals surface area (Å²) >= 11 is 1.43. The van der Waals surface area contributed by atoms with E-state index in [1.807, 2.05) is 22.8 Å². The number of hydrogen-bond donors (Lipinski definition) is 5.